The number of rotatable bonds is 7. The third-order valence-electron chi connectivity index (χ3n) is 6.12. The Morgan fingerprint density at radius 1 is 1.05 bits per heavy atom. The van der Waals surface area contributed by atoms with Gasteiger partial charge in [0.25, 0.3) is 0 Å². The molecule has 2 N–H and O–H groups in total. The van der Waals surface area contributed by atoms with E-state index in [9.17, 15) is 22.8 Å². The van der Waals surface area contributed by atoms with Crippen molar-refractivity contribution < 1.29 is 32.3 Å². The standard InChI is InChI=1S/C26H25F3N8O4/c1-2-40-25(39)35-24-33-19-13-17(12-18(22(19)34-24)23-30-6-3-7-31-23)16-4-5-20(32-15-16)41-37-10-8-36(9-11-37)21(38)14-26(27,28)29/h3-7,12-13,15H,2,8-11,14H2,1H3,(H2,33,34,35,39). The Kier molecular flexibility index (Phi) is 7.96. The number of hydrogen-bond donors (Lipinski definition) is 2. The number of hydrogen-bond acceptors (Lipinski definition) is 9. The van der Waals surface area contributed by atoms with E-state index in [1.807, 2.05) is 12.1 Å². The van der Waals surface area contributed by atoms with Crippen LogP contribution in [0.1, 0.15) is 13.3 Å². The van der Waals surface area contributed by atoms with Crippen molar-refractivity contribution in [1.82, 2.24) is 34.9 Å². The maximum atomic E-state index is 12.5. The Bertz CT molecular complexity index is 1520. The number of fused-ring (bicyclic) bond motifs is 1. The van der Waals surface area contributed by atoms with Gasteiger partial charge in [0.15, 0.2) is 5.82 Å². The van der Waals surface area contributed by atoms with E-state index in [4.69, 9.17) is 9.57 Å². The van der Waals surface area contributed by atoms with Crippen LogP contribution in [0.3, 0.4) is 0 Å². The molecule has 0 radical (unpaired) electrons. The molecule has 4 aromatic rings. The number of aromatic amines is 1. The van der Waals surface area contributed by atoms with Gasteiger partial charge in [0.1, 0.15) is 11.9 Å². The number of nitrogens with one attached hydrogen (secondary N) is 2. The first-order valence-electron chi connectivity index (χ1n) is 12.7. The molecule has 1 aliphatic heterocycles. The molecule has 0 unspecified atom stereocenters. The van der Waals surface area contributed by atoms with E-state index >= 15 is 0 Å². The fourth-order valence-electron chi connectivity index (χ4n) is 4.27. The van der Waals surface area contributed by atoms with E-state index < -0.39 is 24.6 Å². The Balaban J connectivity index is 1.32. The number of amides is 2. The number of halogens is 3. The summed E-state index contributed by atoms with van der Waals surface area (Å²) in [6, 6.07) is 8.88. The maximum absolute atomic E-state index is 12.5. The van der Waals surface area contributed by atoms with Crippen molar-refractivity contribution in [2.45, 2.75) is 19.5 Å². The molecule has 15 heteroatoms. The average Bonchev–Trinajstić information content (AvgIpc) is 3.35. The van der Waals surface area contributed by atoms with E-state index in [2.05, 4.69) is 30.2 Å². The van der Waals surface area contributed by atoms with Crippen molar-refractivity contribution in [1.29, 1.82) is 0 Å². The molecule has 0 aliphatic carbocycles. The predicted octanol–water partition coefficient (Wildman–Crippen LogP) is 4.04. The lowest BCUT2D eigenvalue weighted by Gasteiger charge is -2.33. The summed E-state index contributed by atoms with van der Waals surface area (Å²) in [6.45, 7) is 2.63. The summed E-state index contributed by atoms with van der Waals surface area (Å²) in [7, 11) is 0. The van der Waals surface area contributed by atoms with Gasteiger partial charge in [-0.3, -0.25) is 10.1 Å². The molecular weight excluding hydrogens is 545 g/mol. The van der Waals surface area contributed by atoms with Gasteiger partial charge < -0.3 is 19.5 Å². The summed E-state index contributed by atoms with van der Waals surface area (Å²) in [5.74, 6) is -0.0129. The van der Waals surface area contributed by atoms with Crippen LogP contribution >= 0.6 is 0 Å². The Hall–Kier alpha value is -4.79. The van der Waals surface area contributed by atoms with Gasteiger partial charge in [0.2, 0.25) is 17.7 Å². The topological polar surface area (TPSA) is 138 Å². The summed E-state index contributed by atoms with van der Waals surface area (Å²) in [5.41, 5.74) is 3.31. The lowest BCUT2D eigenvalue weighted by Crippen LogP contribution is -2.50. The summed E-state index contributed by atoms with van der Waals surface area (Å²) in [5, 5.41) is 4.12. The largest absolute Gasteiger partial charge is 0.450 e. The highest BCUT2D eigenvalue weighted by Gasteiger charge is 2.34. The molecule has 0 saturated carbocycles. The highest BCUT2D eigenvalue weighted by atomic mass is 19.4. The summed E-state index contributed by atoms with van der Waals surface area (Å²) in [6.07, 6.45) is -1.80. The van der Waals surface area contributed by atoms with Crippen molar-refractivity contribution in [2.24, 2.45) is 0 Å². The van der Waals surface area contributed by atoms with Crippen molar-refractivity contribution in [2.75, 3.05) is 38.1 Å². The molecular formula is C26H25F3N8O4. The minimum Gasteiger partial charge on any atom is -0.450 e. The molecule has 214 valence electrons. The third kappa shape index (κ3) is 6.87. The molecule has 1 aliphatic rings. The predicted molar refractivity (Wildman–Crippen MR) is 140 cm³/mol. The molecule has 2 amide bonds. The van der Waals surface area contributed by atoms with E-state index in [-0.39, 0.29) is 38.7 Å². The summed E-state index contributed by atoms with van der Waals surface area (Å²) in [4.78, 5) is 51.3. The third-order valence-corrected chi connectivity index (χ3v) is 6.12. The van der Waals surface area contributed by atoms with Crippen molar-refractivity contribution >= 4 is 29.0 Å². The van der Waals surface area contributed by atoms with Gasteiger partial charge in [-0.15, -0.1) is 5.06 Å². The Labute approximate surface area is 231 Å². The molecule has 0 bridgehead atoms. The first-order valence-corrected chi connectivity index (χ1v) is 12.7. The fraction of sp³-hybridized carbons (Fsp3) is 0.308. The van der Waals surface area contributed by atoms with Gasteiger partial charge in [0.05, 0.1) is 25.2 Å². The molecule has 1 aromatic carbocycles. The zero-order valence-electron chi connectivity index (χ0n) is 21.8. The van der Waals surface area contributed by atoms with Crippen LogP contribution in [-0.4, -0.2) is 85.8 Å². The van der Waals surface area contributed by atoms with Gasteiger partial charge >= 0.3 is 12.3 Å². The number of carbonyl (C=O) groups is 2. The number of pyridine rings is 1. The van der Waals surface area contributed by atoms with Crippen LogP contribution in [0, 0.1) is 0 Å². The number of nitrogens with zero attached hydrogens (tertiary/aromatic N) is 6. The van der Waals surface area contributed by atoms with Gasteiger partial charge in [0, 0.05) is 48.9 Å². The monoisotopic (exact) mass is 570 g/mol. The van der Waals surface area contributed by atoms with E-state index in [1.54, 1.807) is 48.8 Å². The van der Waals surface area contributed by atoms with E-state index in [0.717, 1.165) is 11.1 Å². The van der Waals surface area contributed by atoms with Crippen LogP contribution < -0.4 is 10.2 Å². The second-order valence-corrected chi connectivity index (χ2v) is 9.00. The molecule has 0 spiro atoms. The van der Waals surface area contributed by atoms with Gasteiger partial charge in [-0.2, -0.15) is 13.2 Å². The van der Waals surface area contributed by atoms with Crippen LogP contribution in [-0.2, 0) is 9.53 Å². The average molecular weight is 571 g/mol. The number of imidazole rings is 1. The van der Waals surface area contributed by atoms with E-state index in [1.165, 1.54) is 4.90 Å². The van der Waals surface area contributed by atoms with Crippen LogP contribution in [0.5, 0.6) is 5.88 Å². The van der Waals surface area contributed by atoms with Crippen LogP contribution in [0.4, 0.5) is 23.9 Å². The molecule has 4 heterocycles. The number of aromatic nitrogens is 5. The van der Waals surface area contributed by atoms with Crippen LogP contribution in [0.2, 0.25) is 0 Å². The quantitative estimate of drug-likeness (QED) is 0.337. The van der Waals surface area contributed by atoms with Crippen molar-refractivity contribution in [3.63, 3.8) is 0 Å². The number of carbonyl (C=O) groups excluding carboxylic acids is 2. The maximum Gasteiger partial charge on any atom is 0.413 e. The lowest BCUT2D eigenvalue weighted by atomic mass is 10.0. The molecule has 1 saturated heterocycles. The Morgan fingerprint density at radius 3 is 2.46 bits per heavy atom. The van der Waals surface area contributed by atoms with Crippen molar-refractivity contribution in [3.8, 4) is 28.4 Å². The highest BCUT2D eigenvalue weighted by Crippen LogP contribution is 2.32. The molecule has 5 rings (SSSR count). The number of piperazine rings is 1. The SMILES string of the molecule is CCOC(=O)Nc1nc2c(-c3ncccn3)cc(-c3ccc(ON4CCN(C(=O)CC(F)(F)F)CC4)nc3)cc2[nH]1. The summed E-state index contributed by atoms with van der Waals surface area (Å²) >= 11 is 0. The normalized spacial score (nSPS) is 14.2. The minimum atomic E-state index is -4.53. The van der Waals surface area contributed by atoms with Crippen molar-refractivity contribution in [3.05, 3.63) is 48.9 Å². The molecule has 41 heavy (non-hydrogen) atoms. The fourth-order valence-corrected chi connectivity index (χ4v) is 4.27. The summed E-state index contributed by atoms with van der Waals surface area (Å²) < 4.78 is 42.5. The van der Waals surface area contributed by atoms with Gasteiger partial charge in [-0.25, -0.2) is 24.7 Å². The number of alkyl halides is 3. The molecule has 12 nitrogen and oxygen atoms in total. The second kappa shape index (κ2) is 11.8. The Morgan fingerprint density at radius 2 is 1.80 bits per heavy atom. The lowest BCUT2D eigenvalue weighted by molar-refractivity contribution is -0.166. The second-order valence-electron chi connectivity index (χ2n) is 9.00. The van der Waals surface area contributed by atoms with Gasteiger partial charge in [-0.1, -0.05) is 0 Å². The minimum absolute atomic E-state index is 0.120. The first-order chi connectivity index (χ1) is 19.7. The van der Waals surface area contributed by atoms with Crippen LogP contribution in [0.15, 0.2) is 48.9 Å². The van der Waals surface area contributed by atoms with E-state index in [0.29, 0.717) is 28.3 Å². The smallest absolute Gasteiger partial charge is 0.413 e. The number of anilines is 1. The number of H-pyrrole nitrogens is 1. The highest BCUT2D eigenvalue weighted by molar-refractivity contribution is 5.96. The first kappa shape index (κ1) is 27.8. The zero-order chi connectivity index (χ0) is 29.0. The molecule has 0 atom stereocenters. The van der Waals surface area contributed by atoms with Crippen LogP contribution in [0.25, 0.3) is 33.5 Å². The number of hydroxylamine groups is 2. The zero-order valence-corrected chi connectivity index (χ0v) is 21.8. The molecule has 1 fully saturated rings. The van der Waals surface area contributed by atoms with Gasteiger partial charge in [-0.05, 0) is 36.8 Å². The molecule has 3 aromatic heterocycles. The number of benzene rings is 1. The number of ether oxygens (including phenoxy) is 1.